The van der Waals surface area contributed by atoms with Crippen molar-refractivity contribution in [2.24, 2.45) is 4.99 Å². The number of hydrogen-bond acceptors (Lipinski definition) is 3. The number of piperazine rings is 1. The molecule has 6 heteroatoms. The molecule has 0 aromatic heterocycles. The van der Waals surface area contributed by atoms with Gasteiger partial charge in [-0.15, -0.1) is 0 Å². The van der Waals surface area contributed by atoms with Gasteiger partial charge in [0.15, 0.2) is 5.96 Å². The lowest BCUT2D eigenvalue weighted by Crippen LogP contribution is -2.53. The van der Waals surface area contributed by atoms with Crippen LogP contribution in [0.15, 0.2) is 29.3 Å². The molecule has 1 amide bonds. The quantitative estimate of drug-likeness (QED) is 0.672. The van der Waals surface area contributed by atoms with E-state index in [0.717, 1.165) is 44.2 Å². The summed E-state index contributed by atoms with van der Waals surface area (Å²) in [5, 5.41) is 12.1. The number of aliphatic imine (C=N–C) groups is 1. The van der Waals surface area contributed by atoms with E-state index in [1.807, 2.05) is 36.1 Å². The van der Waals surface area contributed by atoms with Crippen LogP contribution in [0.2, 0.25) is 0 Å². The summed E-state index contributed by atoms with van der Waals surface area (Å²) < 4.78 is 0. The Labute approximate surface area is 137 Å². The van der Waals surface area contributed by atoms with Crippen LogP contribution < -0.4 is 5.32 Å². The molecule has 1 fully saturated rings. The van der Waals surface area contributed by atoms with Crippen LogP contribution in [-0.2, 0) is 11.3 Å². The molecule has 0 radical (unpaired) electrons. The van der Waals surface area contributed by atoms with Crippen LogP contribution in [0.25, 0.3) is 0 Å². The first-order valence-electron chi connectivity index (χ1n) is 7.92. The van der Waals surface area contributed by atoms with Crippen molar-refractivity contribution in [1.29, 1.82) is 5.26 Å². The molecule has 1 aliphatic heterocycles. The maximum atomic E-state index is 11.4. The van der Waals surface area contributed by atoms with Crippen molar-refractivity contribution in [3.8, 4) is 6.07 Å². The Bertz CT molecular complexity index is 594. The minimum Gasteiger partial charge on any atom is -0.357 e. The number of carbonyl (C=O) groups excluding carboxylic acids is 1. The van der Waals surface area contributed by atoms with Gasteiger partial charge in [0.2, 0.25) is 5.91 Å². The van der Waals surface area contributed by atoms with Crippen LogP contribution in [0.3, 0.4) is 0 Å². The van der Waals surface area contributed by atoms with E-state index in [9.17, 15) is 4.79 Å². The lowest BCUT2D eigenvalue weighted by Gasteiger charge is -2.36. The minimum absolute atomic E-state index is 0.129. The molecule has 0 bridgehead atoms. The normalized spacial score (nSPS) is 15.3. The zero-order chi connectivity index (χ0) is 16.7. The molecule has 1 aromatic rings. The Morgan fingerprint density at radius 1 is 1.22 bits per heavy atom. The summed E-state index contributed by atoms with van der Waals surface area (Å²) in [6.45, 7) is 8.08. The van der Waals surface area contributed by atoms with Gasteiger partial charge in [-0.25, -0.2) is 4.99 Å². The Kier molecular flexibility index (Phi) is 5.98. The molecule has 0 spiro atoms. The van der Waals surface area contributed by atoms with Crippen LogP contribution in [0.1, 0.15) is 25.0 Å². The highest BCUT2D eigenvalue weighted by molar-refractivity contribution is 5.80. The van der Waals surface area contributed by atoms with Crippen LogP contribution in [-0.4, -0.2) is 54.4 Å². The van der Waals surface area contributed by atoms with Gasteiger partial charge in [-0.05, 0) is 24.6 Å². The summed E-state index contributed by atoms with van der Waals surface area (Å²) in [6, 6.07) is 9.59. The lowest BCUT2D eigenvalue weighted by atomic mass is 10.1. The number of benzene rings is 1. The van der Waals surface area contributed by atoms with Gasteiger partial charge >= 0.3 is 0 Å². The number of guanidine groups is 1. The first-order chi connectivity index (χ1) is 11.1. The number of carbonyl (C=O) groups is 1. The highest BCUT2D eigenvalue weighted by Crippen LogP contribution is 2.07. The highest BCUT2D eigenvalue weighted by Gasteiger charge is 2.20. The summed E-state index contributed by atoms with van der Waals surface area (Å²) in [5.41, 5.74) is 1.73. The molecule has 122 valence electrons. The maximum absolute atomic E-state index is 11.4. The number of nitriles is 1. The van der Waals surface area contributed by atoms with E-state index in [-0.39, 0.29) is 5.91 Å². The molecule has 1 N–H and O–H groups in total. The molecule has 2 rings (SSSR count). The second kappa shape index (κ2) is 8.18. The standard InChI is InChI=1S/C17H23N5O/c1-3-19-17(22-10-8-21(9-11-22)14(2)23)20-13-16-6-4-15(12-18)5-7-16/h4-7H,3,8-11,13H2,1-2H3,(H,19,20). The number of amides is 1. The SMILES string of the molecule is CCNC(=NCc1ccc(C#N)cc1)N1CCN(C(C)=O)CC1. The van der Waals surface area contributed by atoms with Crippen LogP contribution >= 0.6 is 0 Å². The van der Waals surface area contributed by atoms with Gasteiger partial charge in [-0.2, -0.15) is 5.26 Å². The van der Waals surface area contributed by atoms with Crippen LogP contribution in [0.5, 0.6) is 0 Å². The van der Waals surface area contributed by atoms with Crippen molar-refractivity contribution in [3.63, 3.8) is 0 Å². The van der Waals surface area contributed by atoms with Crippen LogP contribution in [0, 0.1) is 11.3 Å². The smallest absolute Gasteiger partial charge is 0.219 e. The van der Waals surface area contributed by atoms with E-state index in [1.54, 1.807) is 6.92 Å². The molecular weight excluding hydrogens is 290 g/mol. The molecule has 1 heterocycles. The average Bonchev–Trinajstić information content (AvgIpc) is 2.59. The maximum Gasteiger partial charge on any atom is 0.219 e. The number of nitrogens with zero attached hydrogens (tertiary/aromatic N) is 4. The predicted octanol–water partition coefficient (Wildman–Crippen LogP) is 1.19. The number of hydrogen-bond donors (Lipinski definition) is 1. The largest absolute Gasteiger partial charge is 0.357 e. The van der Waals surface area contributed by atoms with Gasteiger partial charge in [-0.3, -0.25) is 4.79 Å². The molecule has 1 aliphatic rings. The van der Waals surface area contributed by atoms with E-state index in [2.05, 4.69) is 21.3 Å². The molecule has 23 heavy (non-hydrogen) atoms. The molecule has 1 saturated heterocycles. The Balaban J connectivity index is 2.00. The number of rotatable bonds is 3. The molecule has 6 nitrogen and oxygen atoms in total. The number of nitrogens with one attached hydrogen (secondary N) is 1. The van der Waals surface area contributed by atoms with E-state index in [0.29, 0.717) is 12.1 Å². The second-order valence-corrected chi connectivity index (χ2v) is 5.47. The molecule has 0 unspecified atom stereocenters. The summed E-state index contributed by atoms with van der Waals surface area (Å²) in [4.78, 5) is 20.1. The third-order valence-corrected chi connectivity index (χ3v) is 3.85. The van der Waals surface area contributed by atoms with Crippen molar-refractivity contribution in [1.82, 2.24) is 15.1 Å². The van der Waals surface area contributed by atoms with Gasteiger partial charge in [0.05, 0.1) is 18.2 Å². The Morgan fingerprint density at radius 2 is 1.83 bits per heavy atom. The summed E-state index contributed by atoms with van der Waals surface area (Å²) in [5.74, 6) is 1.00. The summed E-state index contributed by atoms with van der Waals surface area (Å²) >= 11 is 0. The minimum atomic E-state index is 0.129. The van der Waals surface area contributed by atoms with E-state index >= 15 is 0 Å². The van der Waals surface area contributed by atoms with Gasteiger partial charge in [-0.1, -0.05) is 12.1 Å². The monoisotopic (exact) mass is 313 g/mol. The molecule has 0 atom stereocenters. The topological polar surface area (TPSA) is 71.7 Å². The summed E-state index contributed by atoms with van der Waals surface area (Å²) in [6.07, 6.45) is 0. The van der Waals surface area contributed by atoms with Gasteiger partial charge in [0.25, 0.3) is 0 Å². The first-order valence-corrected chi connectivity index (χ1v) is 7.92. The van der Waals surface area contributed by atoms with Gasteiger partial charge < -0.3 is 15.1 Å². The molecular formula is C17H23N5O. The van der Waals surface area contributed by atoms with Crippen molar-refractivity contribution < 1.29 is 4.79 Å². The van der Waals surface area contributed by atoms with Crippen molar-refractivity contribution in [2.75, 3.05) is 32.7 Å². The van der Waals surface area contributed by atoms with Crippen molar-refractivity contribution >= 4 is 11.9 Å². The van der Waals surface area contributed by atoms with Crippen LogP contribution in [0.4, 0.5) is 0 Å². The summed E-state index contributed by atoms with van der Waals surface area (Å²) in [7, 11) is 0. The predicted molar refractivity (Wildman–Crippen MR) is 89.8 cm³/mol. The molecule has 0 saturated carbocycles. The van der Waals surface area contributed by atoms with Crippen molar-refractivity contribution in [2.45, 2.75) is 20.4 Å². The second-order valence-electron chi connectivity index (χ2n) is 5.47. The zero-order valence-electron chi connectivity index (χ0n) is 13.7. The first kappa shape index (κ1) is 16.8. The fraction of sp³-hybridized carbons (Fsp3) is 0.471. The Morgan fingerprint density at radius 3 is 2.35 bits per heavy atom. The molecule has 0 aliphatic carbocycles. The van der Waals surface area contributed by atoms with E-state index in [1.165, 1.54) is 0 Å². The third-order valence-electron chi connectivity index (χ3n) is 3.85. The lowest BCUT2D eigenvalue weighted by molar-refractivity contribution is -0.130. The molecule has 1 aromatic carbocycles. The third kappa shape index (κ3) is 4.71. The van der Waals surface area contributed by atoms with Gasteiger partial charge in [0.1, 0.15) is 0 Å². The highest BCUT2D eigenvalue weighted by atomic mass is 16.2. The fourth-order valence-electron chi connectivity index (χ4n) is 2.51. The van der Waals surface area contributed by atoms with E-state index < -0.39 is 0 Å². The van der Waals surface area contributed by atoms with Gasteiger partial charge in [0, 0.05) is 39.6 Å². The van der Waals surface area contributed by atoms with Crippen molar-refractivity contribution in [3.05, 3.63) is 35.4 Å². The Hall–Kier alpha value is -2.55. The zero-order valence-corrected chi connectivity index (χ0v) is 13.7. The fourth-order valence-corrected chi connectivity index (χ4v) is 2.51. The van der Waals surface area contributed by atoms with E-state index in [4.69, 9.17) is 5.26 Å². The average molecular weight is 313 g/mol.